The fraction of sp³-hybridized carbons (Fsp3) is 0.208. The van der Waals surface area contributed by atoms with Crippen molar-refractivity contribution < 1.29 is 17.9 Å². The summed E-state index contributed by atoms with van der Waals surface area (Å²) < 4.78 is 33.3. The summed E-state index contributed by atoms with van der Waals surface area (Å²) in [5.74, 6) is 0.612. The Kier molecular flexibility index (Phi) is 7.43. The lowest BCUT2D eigenvalue weighted by molar-refractivity contribution is -0.118. The third kappa shape index (κ3) is 6.24. The number of anilines is 2. The van der Waals surface area contributed by atoms with Crippen LogP contribution in [0, 0.1) is 6.92 Å². The topological polar surface area (TPSA) is 84.5 Å². The Morgan fingerprint density at radius 1 is 1.00 bits per heavy atom. The third-order valence-electron chi connectivity index (χ3n) is 4.68. The molecule has 8 heteroatoms. The Bertz CT molecular complexity index is 1210. The van der Waals surface area contributed by atoms with Gasteiger partial charge < -0.3 is 10.1 Å². The molecule has 3 rings (SSSR count). The molecule has 6 nitrogen and oxygen atoms in total. The number of nitrogens with one attached hydrogen (secondary N) is 2. The lowest BCUT2D eigenvalue weighted by Crippen LogP contribution is -2.20. The van der Waals surface area contributed by atoms with E-state index in [2.05, 4.69) is 23.9 Å². The molecule has 0 heterocycles. The number of carbonyl (C=O) groups is 1. The summed E-state index contributed by atoms with van der Waals surface area (Å²) in [6.07, 6.45) is 0. The molecule has 0 aliphatic carbocycles. The van der Waals surface area contributed by atoms with E-state index in [1.54, 1.807) is 18.2 Å². The first-order chi connectivity index (χ1) is 15.1. The Labute approximate surface area is 193 Å². The highest BCUT2D eigenvalue weighted by Crippen LogP contribution is 2.27. The number of hydrogen-bond donors (Lipinski definition) is 2. The summed E-state index contributed by atoms with van der Waals surface area (Å²) in [6, 6.07) is 18.3. The summed E-state index contributed by atoms with van der Waals surface area (Å²) in [7, 11) is -3.78. The molecule has 0 fully saturated rings. The molecule has 0 bridgehead atoms. The zero-order chi connectivity index (χ0) is 23.3. The van der Waals surface area contributed by atoms with Gasteiger partial charge >= 0.3 is 0 Å². The van der Waals surface area contributed by atoms with E-state index in [1.165, 1.54) is 30.3 Å². The van der Waals surface area contributed by atoms with Crippen LogP contribution in [-0.4, -0.2) is 20.9 Å². The molecule has 32 heavy (non-hydrogen) atoms. The molecule has 0 spiro atoms. The highest BCUT2D eigenvalue weighted by atomic mass is 35.5. The van der Waals surface area contributed by atoms with Gasteiger partial charge in [0, 0.05) is 10.7 Å². The summed E-state index contributed by atoms with van der Waals surface area (Å²) >= 11 is 5.90. The van der Waals surface area contributed by atoms with Crippen molar-refractivity contribution in [3.05, 3.63) is 82.9 Å². The molecule has 0 saturated heterocycles. The maximum atomic E-state index is 12.6. The second-order valence-corrected chi connectivity index (χ2v) is 9.79. The maximum Gasteiger partial charge on any atom is 0.262 e. The van der Waals surface area contributed by atoms with Crippen molar-refractivity contribution in [3.63, 3.8) is 0 Å². The van der Waals surface area contributed by atoms with E-state index in [-0.39, 0.29) is 23.3 Å². The Balaban J connectivity index is 1.62. The zero-order valence-electron chi connectivity index (χ0n) is 18.1. The summed E-state index contributed by atoms with van der Waals surface area (Å²) in [4.78, 5) is 12.4. The van der Waals surface area contributed by atoms with Gasteiger partial charge in [0.25, 0.3) is 15.9 Å². The fourth-order valence-electron chi connectivity index (χ4n) is 3.07. The number of carbonyl (C=O) groups excluding carboxylic acids is 1. The molecule has 0 radical (unpaired) electrons. The monoisotopic (exact) mass is 472 g/mol. The van der Waals surface area contributed by atoms with Crippen molar-refractivity contribution in [1.82, 2.24) is 0 Å². The van der Waals surface area contributed by atoms with E-state index in [0.717, 1.165) is 11.1 Å². The number of hydrogen-bond acceptors (Lipinski definition) is 4. The van der Waals surface area contributed by atoms with Gasteiger partial charge in [-0.1, -0.05) is 43.6 Å². The van der Waals surface area contributed by atoms with Crippen molar-refractivity contribution in [3.8, 4) is 5.75 Å². The largest absolute Gasteiger partial charge is 0.483 e. The second-order valence-electron chi connectivity index (χ2n) is 7.67. The van der Waals surface area contributed by atoms with Crippen molar-refractivity contribution in [2.24, 2.45) is 0 Å². The number of halogens is 1. The van der Waals surface area contributed by atoms with Crippen molar-refractivity contribution in [1.29, 1.82) is 0 Å². The molecule has 0 atom stereocenters. The van der Waals surface area contributed by atoms with Gasteiger partial charge in [-0.2, -0.15) is 0 Å². The average Bonchev–Trinajstić information content (AvgIpc) is 2.72. The first-order valence-corrected chi connectivity index (χ1v) is 11.9. The zero-order valence-corrected chi connectivity index (χ0v) is 19.6. The third-order valence-corrected chi connectivity index (χ3v) is 6.31. The molecule has 2 N–H and O–H groups in total. The fourth-order valence-corrected chi connectivity index (χ4v) is 4.31. The summed E-state index contributed by atoms with van der Waals surface area (Å²) in [5, 5.41) is 3.14. The Hall–Kier alpha value is -3.03. The van der Waals surface area contributed by atoms with Crippen LogP contribution in [0.2, 0.25) is 5.02 Å². The van der Waals surface area contributed by atoms with Gasteiger partial charge in [-0.05, 0) is 72.5 Å². The minimum atomic E-state index is -3.78. The quantitative estimate of drug-likeness (QED) is 0.447. The van der Waals surface area contributed by atoms with Gasteiger partial charge in [0.05, 0.1) is 10.6 Å². The average molecular weight is 473 g/mol. The van der Waals surface area contributed by atoms with E-state index in [0.29, 0.717) is 22.1 Å². The van der Waals surface area contributed by atoms with Gasteiger partial charge in [-0.25, -0.2) is 8.42 Å². The molecule has 3 aromatic carbocycles. The Morgan fingerprint density at radius 2 is 1.72 bits per heavy atom. The second kappa shape index (κ2) is 10.1. The molecule has 0 aliphatic rings. The number of benzene rings is 3. The standard InChI is InChI=1S/C24H25ClN2O4S/c1-16(2)22-12-7-17(3)13-23(22)31-15-24(28)26-19-8-10-21(11-9-19)32(29,30)27-20-6-4-5-18(25)14-20/h4-14,16,27H,15H2,1-3H3,(H,26,28). The van der Waals surface area contributed by atoms with Crippen LogP contribution in [0.15, 0.2) is 71.6 Å². The highest BCUT2D eigenvalue weighted by Gasteiger charge is 2.15. The van der Waals surface area contributed by atoms with Gasteiger partial charge in [-0.15, -0.1) is 0 Å². The smallest absolute Gasteiger partial charge is 0.262 e. The van der Waals surface area contributed by atoms with Crippen LogP contribution in [0.5, 0.6) is 5.75 Å². The molecule has 0 saturated carbocycles. The van der Waals surface area contributed by atoms with Crippen molar-refractivity contribution in [2.45, 2.75) is 31.6 Å². The van der Waals surface area contributed by atoms with E-state index in [9.17, 15) is 13.2 Å². The highest BCUT2D eigenvalue weighted by molar-refractivity contribution is 7.92. The lowest BCUT2D eigenvalue weighted by Gasteiger charge is -2.15. The van der Waals surface area contributed by atoms with E-state index in [1.807, 2.05) is 25.1 Å². The predicted octanol–water partition coefficient (Wildman–Crippen LogP) is 5.59. The van der Waals surface area contributed by atoms with Crippen LogP contribution in [0.4, 0.5) is 11.4 Å². The number of aryl methyl sites for hydroxylation is 1. The first-order valence-electron chi connectivity index (χ1n) is 10.1. The number of rotatable bonds is 8. The van der Waals surface area contributed by atoms with Gasteiger partial charge in [0.2, 0.25) is 0 Å². The van der Waals surface area contributed by atoms with Crippen LogP contribution in [-0.2, 0) is 14.8 Å². The van der Waals surface area contributed by atoms with Crippen LogP contribution in [0.1, 0.15) is 30.9 Å². The number of amides is 1. The van der Waals surface area contributed by atoms with Crippen LogP contribution in [0.25, 0.3) is 0 Å². The van der Waals surface area contributed by atoms with E-state index < -0.39 is 10.0 Å². The number of ether oxygens (including phenoxy) is 1. The molecule has 0 unspecified atom stereocenters. The SMILES string of the molecule is Cc1ccc(C(C)C)c(OCC(=O)Nc2ccc(S(=O)(=O)Nc3cccc(Cl)c3)cc2)c1. The minimum absolute atomic E-state index is 0.0630. The number of sulfonamides is 1. The molecule has 0 aromatic heterocycles. The Morgan fingerprint density at radius 3 is 2.38 bits per heavy atom. The summed E-state index contributed by atoms with van der Waals surface area (Å²) in [5.41, 5.74) is 2.91. The van der Waals surface area contributed by atoms with Crippen molar-refractivity contribution >= 4 is 38.9 Å². The van der Waals surface area contributed by atoms with Crippen LogP contribution < -0.4 is 14.8 Å². The minimum Gasteiger partial charge on any atom is -0.483 e. The first kappa shape index (κ1) is 23.6. The van der Waals surface area contributed by atoms with E-state index >= 15 is 0 Å². The van der Waals surface area contributed by atoms with Crippen LogP contribution >= 0.6 is 11.6 Å². The van der Waals surface area contributed by atoms with Gasteiger partial charge in [-0.3, -0.25) is 9.52 Å². The maximum absolute atomic E-state index is 12.6. The molecule has 1 amide bonds. The lowest BCUT2D eigenvalue weighted by atomic mass is 10.0. The van der Waals surface area contributed by atoms with Crippen LogP contribution in [0.3, 0.4) is 0 Å². The normalized spacial score (nSPS) is 11.3. The molecular formula is C24H25ClN2O4S. The molecule has 168 valence electrons. The molecular weight excluding hydrogens is 448 g/mol. The molecule has 0 aliphatic heterocycles. The summed E-state index contributed by atoms with van der Waals surface area (Å²) in [6.45, 7) is 5.94. The van der Waals surface area contributed by atoms with Gasteiger partial charge in [0.15, 0.2) is 6.61 Å². The van der Waals surface area contributed by atoms with Crippen molar-refractivity contribution in [2.75, 3.05) is 16.6 Å². The van der Waals surface area contributed by atoms with Gasteiger partial charge in [0.1, 0.15) is 5.75 Å². The molecule has 3 aromatic rings. The van der Waals surface area contributed by atoms with E-state index in [4.69, 9.17) is 16.3 Å². The predicted molar refractivity (Wildman–Crippen MR) is 128 cm³/mol.